The third-order valence-electron chi connectivity index (χ3n) is 2.93. The van der Waals surface area contributed by atoms with Gasteiger partial charge in [-0.1, -0.05) is 34.1 Å². The van der Waals surface area contributed by atoms with Gasteiger partial charge in [0.1, 0.15) is 0 Å². The van der Waals surface area contributed by atoms with Crippen LogP contribution in [-0.4, -0.2) is 24.4 Å². The van der Waals surface area contributed by atoms with Crippen LogP contribution in [0.1, 0.15) is 18.4 Å². The fourth-order valence-corrected chi connectivity index (χ4v) is 2.30. The van der Waals surface area contributed by atoms with E-state index in [0.717, 1.165) is 10.0 Å². The summed E-state index contributed by atoms with van der Waals surface area (Å²) in [5.74, 6) is -0.0915. The molecule has 1 aromatic carbocycles. The van der Waals surface area contributed by atoms with Crippen LogP contribution in [0.15, 0.2) is 34.8 Å². The van der Waals surface area contributed by atoms with Crippen molar-refractivity contribution in [1.82, 2.24) is 10.6 Å². The van der Waals surface area contributed by atoms with E-state index in [9.17, 15) is 9.59 Å². The zero-order valence-electron chi connectivity index (χ0n) is 10.4. The van der Waals surface area contributed by atoms with E-state index in [1.54, 1.807) is 6.08 Å². The lowest BCUT2D eigenvalue weighted by atomic mass is 10.1. The monoisotopic (exact) mass is 322 g/mol. The van der Waals surface area contributed by atoms with E-state index >= 15 is 0 Å². The summed E-state index contributed by atoms with van der Waals surface area (Å²) in [6.07, 6.45) is 4.44. The van der Waals surface area contributed by atoms with Gasteiger partial charge in [0.15, 0.2) is 0 Å². The van der Waals surface area contributed by atoms with E-state index in [-0.39, 0.29) is 17.9 Å². The molecule has 2 rings (SSSR count). The summed E-state index contributed by atoms with van der Waals surface area (Å²) in [4.78, 5) is 22.8. The van der Waals surface area contributed by atoms with Crippen molar-refractivity contribution in [1.29, 1.82) is 0 Å². The molecule has 1 aliphatic rings. The average molecular weight is 323 g/mol. The average Bonchev–Trinajstić information content (AvgIpc) is 2.40. The molecule has 1 aliphatic heterocycles. The van der Waals surface area contributed by atoms with Gasteiger partial charge in [-0.2, -0.15) is 0 Å². The molecule has 0 aromatic heterocycles. The van der Waals surface area contributed by atoms with Gasteiger partial charge in [-0.25, -0.2) is 0 Å². The molecule has 100 valence electrons. The van der Waals surface area contributed by atoms with Crippen LogP contribution >= 0.6 is 15.9 Å². The molecule has 0 spiro atoms. The van der Waals surface area contributed by atoms with Gasteiger partial charge in [0.25, 0.3) is 0 Å². The van der Waals surface area contributed by atoms with Gasteiger partial charge in [-0.3, -0.25) is 9.59 Å². The number of carbonyl (C=O) groups is 2. The number of piperidine rings is 1. The first kappa shape index (κ1) is 13.8. The van der Waals surface area contributed by atoms with E-state index in [1.807, 2.05) is 24.3 Å². The van der Waals surface area contributed by atoms with Crippen LogP contribution in [0.4, 0.5) is 0 Å². The second kappa shape index (κ2) is 6.52. The summed E-state index contributed by atoms with van der Waals surface area (Å²) in [7, 11) is 0. The molecule has 0 saturated carbocycles. The number of benzene rings is 1. The second-order valence-electron chi connectivity index (χ2n) is 4.40. The fourth-order valence-electron chi connectivity index (χ4n) is 1.88. The minimum Gasteiger partial charge on any atom is -0.354 e. The lowest BCUT2D eigenvalue weighted by molar-refractivity contribution is -0.124. The van der Waals surface area contributed by atoms with Gasteiger partial charge in [-0.05, 0) is 24.1 Å². The molecule has 0 bridgehead atoms. The molecule has 1 fully saturated rings. The zero-order valence-corrected chi connectivity index (χ0v) is 11.9. The summed E-state index contributed by atoms with van der Waals surface area (Å²) < 4.78 is 0.948. The molecule has 1 heterocycles. The van der Waals surface area contributed by atoms with Crippen molar-refractivity contribution in [2.45, 2.75) is 18.9 Å². The maximum Gasteiger partial charge on any atom is 0.244 e. The molecule has 0 aliphatic carbocycles. The molecule has 1 saturated heterocycles. The van der Waals surface area contributed by atoms with Crippen molar-refractivity contribution in [2.24, 2.45) is 0 Å². The molecule has 19 heavy (non-hydrogen) atoms. The maximum absolute atomic E-state index is 11.8. The Morgan fingerprint density at radius 3 is 2.89 bits per heavy atom. The lowest BCUT2D eigenvalue weighted by Gasteiger charge is -2.22. The first-order valence-electron chi connectivity index (χ1n) is 6.15. The van der Waals surface area contributed by atoms with Gasteiger partial charge >= 0.3 is 0 Å². The predicted molar refractivity (Wildman–Crippen MR) is 77.4 cm³/mol. The highest BCUT2D eigenvalue weighted by Crippen LogP contribution is 2.17. The van der Waals surface area contributed by atoms with Crippen LogP contribution in [-0.2, 0) is 9.59 Å². The predicted octanol–water partition coefficient (Wildman–Crippen LogP) is 1.86. The zero-order chi connectivity index (χ0) is 13.7. The highest BCUT2D eigenvalue weighted by Gasteiger charge is 2.18. The molecule has 1 atom stereocenters. The maximum atomic E-state index is 11.8. The fraction of sp³-hybridized carbons (Fsp3) is 0.286. The Balaban J connectivity index is 1.87. The molecule has 1 aromatic rings. The number of amides is 2. The Labute approximate surface area is 120 Å². The Bertz CT molecular complexity index is 504. The summed E-state index contributed by atoms with van der Waals surface area (Å²) in [5, 5.41) is 5.61. The highest BCUT2D eigenvalue weighted by atomic mass is 79.9. The SMILES string of the molecule is O=C(/C=C/c1ccccc1Br)NC1CCC(=O)NC1. The number of hydrogen-bond donors (Lipinski definition) is 2. The molecule has 0 radical (unpaired) electrons. The number of hydrogen-bond acceptors (Lipinski definition) is 2. The van der Waals surface area contributed by atoms with Crippen molar-refractivity contribution < 1.29 is 9.59 Å². The number of rotatable bonds is 3. The van der Waals surface area contributed by atoms with Crippen molar-refractivity contribution >= 4 is 33.8 Å². The number of halogens is 1. The van der Waals surface area contributed by atoms with Crippen LogP contribution in [0.3, 0.4) is 0 Å². The van der Waals surface area contributed by atoms with Crippen molar-refractivity contribution in [2.75, 3.05) is 6.54 Å². The van der Waals surface area contributed by atoms with Crippen LogP contribution in [0.5, 0.6) is 0 Å². The standard InChI is InChI=1S/C14H15BrN2O2/c15-12-4-2-1-3-10(12)5-7-14(19)17-11-6-8-13(18)16-9-11/h1-5,7,11H,6,8-9H2,(H,16,18)(H,17,19)/b7-5+. The Hall–Kier alpha value is -1.62. The first-order chi connectivity index (χ1) is 9.15. The van der Waals surface area contributed by atoms with E-state index in [1.165, 1.54) is 6.08 Å². The van der Waals surface area contributed by atoms with E-state index in [0.29, 0.717) is 19.4 Å². The topological polar surface area (TPSA) is 58.2 Å². The molecule has 4 nitrogen and oxygen atoms in total. The van der Waals surface area contributed by atoms with Crippen molar-refractivity contribution in [3.8, 4) is 0 Å². The molecule has 2 N–H and O–H groups in total. The van der Waals surface area contributed by atoms with E-state index < -0.39 is 0 Å². The summed E-state index contributed by atoms with van der Waals surface area (Å²) in [6.45, 7) is 0.507. The molecular formula is C14H15BrN2O2. The quantitative estimate of drug-likeness (QED) is 0.834. The number of carbonyl (C=O) groups excluding carboxylic acids is 2. The molecule has 1 unspecified atom stereocenters. The molecule has 2 amide bonds. The van der Waals surface area contributed by atoms with Crippen LogP contribution < -0.4 is 10.6 Å². The lowest BCUT2D eigenvalue weighted by Crippen LogP contribution is -2.47. The van der Waals surface area contributed by atoms with E-state index in [2.05, 4.69) is 26.6 Å². The second-order valence-corrected chi connectivity index (χ2v) is 5.26. The minimum atomic E-state index is -0.142. The molecular weight excluding hydrogens is 308 g/mol. The summed E-state index contributed by atoms with van der Waals surface area (Å²) in [5.41, 5.74) is 0.953. The third kappa shape index (κ3) is 4.21. The summed E-state index contributed by atoms with van der Waals surface area (Å²) in [6, 6.07) is 7.71. The van der Waals surface area contributed by atoms with Gasteiger partial charge in [0.05, 0.1) is 0 Å². The highest BCUT2D eigenvalue weighted by molar-refractivity contribution is 9.10. The largest absolute Gasteiger partial charge is 0.354 e. The third-order valence-corrected chi connectivity index (χ3v) is 3.65. The molecule has 5 heteroatoms. The summed E-state index contributed by atoms with van der Waals surface area (Å²) >= 11 is 3.42. The van der Waals surface area contributed by atoms with Gasteiger partial charge in [0.2, 0.25) is 11.8 Å². The normalized spacial score (nSPS) is 19.2. The number of nitrogens with one attached hydrogen (secondary N) is 2. The van der Waals surface area contributed by atoms with Crippen LogP contribution in [0.2, 0.25) is 0 Å². The van der Waals surface area contributed by atoms with E-state index in [4.69, 9.17) is 0 Å². The van der Waals surface area contributed by atoms with Gasteiger partial charge < -0.3 is 10.6 Å². The van der Waals surface area contributed by atoms with Crippen LogP contribution in [0.25, 0.3) is 6.08 Å². The minimum absolute atomic E-state index is 0.0223. The Morgan fingerprint density at radius 1 is 1.42 bits per heavy atom. The Kier molecular flexibility index (Phi) is 4.74. The van der Waals surface area contributed by atoms with Crippen molar-refractivity contribution in [3.63, 3.8) is 0 Å². The smallest absolute Gasteiger partial charge is 0.244 e. The first-order valence-corrected chi connectivity index (χ1v) is 6.94. The Morgan fingerprint density at radius 2 is 2.21 bits per heavy atom. The van der Waals surface area contributed by atoms with Gasteiger partial charge in [-0.15, -0.1) is 0 Å². The van der Waals surface area contributed by atoms with Crippen molar-refractivity contribution in [3.05, 3.63) is 40.4 Å². The van der Waals surface area contributed by atoms with Crippen LogP contribution in [0, 0.1) is 0 Å². The van der Waals surface area contributed by atoms with Gasteiger partial charge in [0, 0.05) is 29.6 Å².